The molecule has 108 valence electrons. The fourth-order valence-electron chi connectivity index (χ4n) is 2.71. The van der Waals surface area contributed by atoms with Crippen LogP contribution >= 0.6 is 12.4 Å². The third-order valence-corrected chi connectivity index (χ3v) is 3.65. The summed E-state index contributed by atoms with van der Waals surface area (Å²) in [5, 5.41) is 0. The van der Waals surface area contributed by atoms with E-state index in [9.17, 15) is 8.78 Å². The van der Waals surface area contributed by atoms with E-state index in [2.05, 4.69) is 4.74 Å². The molecule has 1 aromatic carbocycles. The first-order chi connectivity index (χ1) is 8.68. The highest BCUT2D eigenvalue weighted by atomic mass is 35.5. The molecule has 0 bridgehead atoms. The van der Waals surface area contributed by atoms with Crippen LogP contribution in [0.4, 0.5) is 8.78 Å². The Balaban J connectivity index is 0.00000180. The van der Waals surface area contributed by atoms with Crippen molar-refractivity contribution in [2.24, 2.45) is 11.7 Å². The fourth-order valence-corrected chi connectivity index (χ4v) is 2.71. The van der Waals surface area contributed by atoms with Gasteiger partial charge in [0.2, 0.25) is 0 Å². The summed E-state index contributed by atoms with van der Waals surface area (Å²) in [6.07, 6.45) is 5.75. The number of ether oxygens (including phenoxy) is 1. The number of hydrogen-bond acceptors (Lipinski definition) is 2. The van der Waals surface area contributed by atoms with Crippen LogP contribution in [-0.2, 0) is 0 Å². The minimum absolute atomic E-state index is 0. The Bertz CT molecular complexity index is 383. The van der Waals surface area contributed by atoms with E-state index in [1.807, 2.05) is 6.07 Å². The van der Waals surface area contributed by atoms with Gasteiger partial charge in [-0.2, -0.15) is 8.78 Å². The monoisotopic (exact) mass is 291 g/mol. The maximum atomic E-state index is 12.3. The van der Waals surface area contributed by atoms with E-state index in [4.69, 9.17) is 5.73 Å². The molecule has 1 aliphatic rings. The quantitative estimate of drug-likeness (QED) is 0.898. The molecule has 0 aliphatic heterocycles. The van der Waals surface area contributed by atoms with Crippen molar-refractivity contribution in [1.29, 1.82) is 0 Å². The number of rotatable bonds is 4. The Hall–Kier alpha value is -0.870. The molecule has 0 amide bonds. The molecule has 0 unspecified atom stereocenters. The molecule has 1 aromatic rings. The predicted octanol–water partition coefficient (Wildman–Crippen LogP) is 4.29. The third-order valence-electron chi connectivity index (χ3n) is 3.65. The predicted molar refractivity (Wildman–Crippen MR) is 73.8 cm³/mol. The second kappa shape index (κ2) is 7.65. The van der Waals surface area contributed by atoms with E-state index in [0.717, 1.165) is 12.8 Å². The molecular formula is C14H20ClF2NO. The second-order valence-electron chi connectivity index (χ2n) is 4.84. The molecule has 2 nitrogen and oxygen atoms in total. The van der Waals surface area contributed by atoms with Crippen LogP contribution in [0.2, 0.25) is 0 Å². The lowest BCUT2D eigenvalue weighted by Crippen LogP contribution is -2.24. The Labute approximate surface area is 118 Å². The Morgan fingerprint density at radius 2 is 1.74 bits per heavy atom. The van der Waals surface area contributed by atoms with Gasteiger partial charge in [0.25, 0.3) is 0 Å². The Morgan fingerprint density at radius 1 is 1.11 bits per heavy atom. The standard InChI is InChI=1S/C14H19F2NO.ClH/c15-14(16)18-12-9-5-4-8-11(12)13(17)10-6-2-1-3-7-10;/h4-5,8-10,13-14H,1-3,6-7,17H2;1H/t13-;/m1./s1. The van der Waals surface area contributed by atoms with Crippen molar-refractivity contribution in [1.82, 2.24) is 0 Å². The minimum Gasteiger partial charge on any atom is -0.434 e. The summed E-state index contributed by atoms with van der Waals surface area (Å²) < 4.78 is 29.2. The SMILES string of the molecule is Cl.N[C@@H](c1ccccc1OC(F)F)C1CCCCC1. The van der Waals surface area contributed by atoms with Crippen LogP contribution in [0, 0.1) is 5.92 Å². The van der Waals surface area contributed by atoms with Crippen molar-refractivity contribution >= 4 is 12.4 Å². The normalized spacial score (nSPS) is 17.9. The maximum Gasteiger partial charge on any atom is 0.387 e. The molecule has 0 radical (unpaired) electrons. The summed E-state index contributed by atoms with van der Waals surface area (Å²) >= 11 is 0. The van der Waals surface area contributed by atoms with Crippen molar-refractivity contribution in [2.75, 3.05) is 0 Å². The molecule has 0 aromatic heterocycles. The minimum atomic E-state index is -2.80. The van der Waals surface area contributed by atoms with Crippen LogP contribution in [0.25, 0.3) is 0 Å². The molecule has 2 rings (SSSR count). The van der Waals surface area contributed by atoms with Crippen molar-refractivity contribution in [3.05, 3.63) is 29.8 Å². The van der Waals surface area contributed by atoms with Crippen molar-refractivity contribution < 1.29 is 13.5 Å². The summed E-state index contributed by atoms with van der Waals surface area (Å²) in [6.45, 7) is -2.80. The number of hydrogen-bond donors (Lipinski definition) is 1. The van der Waals surface area contributed by atoms with Crippen LogP contribution in [0.3, 0.4) is 0 Å². The van der Waals surface area contributed by atoms with Gasteiger partial charge in [-0.25, -0.2) is 0 Å². The van der Waals surface area contributed by atoms with E-state index >= 15 is 0 Å². The van der Waals surface area contributed by atoms with Gasteiger partial charge >= 0.3 is 6.61 Å². The summed E-state index contributed by atoms with van der Waals surface area (Å²) in [7, 11) is 0. The molecule has 1 saturated carbocycles. The molecule has 1 atom stereocenters. The number of para-hydroxylation sites is 1. The molecule has 1 aliphatic carbocycles. The first-order valence-corrected chi connectivity index (χ1v) is 6.48. The van der Waals surface area contributed by atoms with E-state index in [-0.39, 0.29) is 24.2 Å². The summed E-state index contributed by atoms with van der Waals surface area (Å²) in [6, 6.07) is 6.65. The second-order valence-corrected chi connectivity index (χ2v) is 4.84. The molecule has 2 N–H and O–H groups in total. The van der Waals surface area contributed by atoms with Gasteiger partial charge in [0.15, 0.2) is 0 Å². The number of benzene rings is 1. The van der Waals surface area contributed by atoms with Crippen LogP contribution in [0.15, 0.2) is 24.3 Å². The topological polar surface area (TPSA) is 35.2 Å². The van der Waals surface area contributed by atoms with Gasteiger partial charge in [0, 0.05) is 11.6 Å². The van der Waals surface area contributed by atoms with Crippen LogP contribution in [0.1, 0.15) is 43.7 Å². The van der Waals surface area contributed by atoms with Crippen molar-refractivity contribution in [2.45, 2.75) is 44.8 Å². The zero-order valence-electron chi connectivity index (χ0n) is 10.7. The Kier molecular flexibility index (Phi) is 6.52. The zero-order chi connectivity index (χ0) is 13.0. The smallest absolute Gasteiger partial charge is 0.387 e. The molecule has 19 heavy (non-hydrogen) atoms. The zero-order valence-corrected chi connectivity index (χ0v) is 11.5. The van der Waals surface area contributed by atoms with Crippen molar-refractivity contribution in [3.8, 4) is 5.75 Å². The van der Waals surface area contributed by atoms with Gasteiger partial charge in [-0.3, -0.25) is 0 Å². The average Bonchev–Trinajstić information content (AvgIpc) is 2.39. The molecule has 0 heterocycles. The summed E-state index contributed by atoms with van der Waals surface area (Å²) in [5.74, 6) is 0.590. The summed E-state index contributed by atoms with van der Waals surface area (Å²) in [4.78, 5) is 0. The van der Waals surface area contributed by atoms with E-state index in [1.54, 1.807) is 18.2 Å². The Morgan fingerprint density at radius 3 is 2.37 bits per heavy atom. The number of halogens is 3. The highest BCUT2D eigenvalue weighted by molar-refractivity contribution is 5.85. The summed E-state index contributed by atoms with van der Waals surface area (Å²) in [5.41, 5.74) is 6.92. The fraction of sp³-hybridized carbons (Fsp3) is 0.571. The van der Waals surface area contributed by atoms with Gasteiger partial charge in [-0.15, -0.1) is 12.4 Å². The maximum absolute atomic E-state index is 12.3. The number of nitrogens with two attached hydrogens (primary N) is 1. The van der Waals surface area contributed by atoms with Crippen LogP contribution in [-0.4, -0.2) is 6.61 Å². The van der Waals surface area contributed by atoms with Gasteiger partial charge in [-0.1, -0.05) is 37.5 Å². The highest BCUT2D eigenvalue weighted by Crippen LogP contribution is 2.36. The molecular weight excluding hydrogens is 272 g/mol. The largest absolute Gasteiger partial charge is 0.434 e. The molecule has 5 heteroatoms. The van der Waals surface area contributed by atoms with E-state index in [1.165, 1.54) is 19.3 Å². The van der Waals surface area contributed by atoms with E-state index < -0.39 is 6.61 Å². The van der Waals surface area contributed by atoms with Gasteiger partial charge in [0.05, 0.1) is 0 Å². The van der Waals surface area contributed by atoms with Gasteiger partial charge in [0.1, 0.15) is 5.75 Å². The number of alkyl halides is 2. The van der Waals surface area contributed by atoms with Gasteiger partial charge in [-0.05, 0) is 24.8 Å². The average molecular weight is 292 g/mol. The van der Waals surface area contributed by atoms with Crippen molar-refractivity contribution in [3.63, 3.8) is 0 Å². The lowest BCUT2D eigenvalue weighted by atomic mass is 9.81. The first kappa shape index (κ1) is 16.2. The van der Waals surface area contributed by atoms with E-state index in [0.29, 0.717) is 11.5 Å². The van der Waals surface area contributed by atoms with Gasteiger partial charge < -0.3 is 10.5 Å². The highest BCUT2D eigenvalue weighted by Gasteiger charge is 2.24. The lowest BCUT2D eigenvalue weighted by Gasteiger charge is -2.28. The van der Waals surface area contributed by atoms with Crippen LogP contribution < -0.4 is 10.5 Å². The lowest BCUT2D eigenvalue weighted by molar-refractivity contribution is -0.0508. The first-order valence-electron chi connectivity index (χ1n) is 6.48. The third kappa shape index (κ3) is 4.32. The molecule has 1 fully saturated rings. The van der Waals surface area contributed by atoms with Crippen LogP contribution in [0.5, 0.6) is 5.75 Å². The molecule has 0 spiro atoms. The molecule has 0 saturated heterocycles.